The van der Waals surface area contributed by atoms with Gasteiger partial charge in [-0.3, -0.25) is 0 Å². The summed E-state index contributed by atoms with van der Waals surface area (Å²) in [7, 11) is 8.44. The van der Waals surface area contributed by atoms with Crippen LogP contribution in [-0.4, -0.2) is 62.6 Å². The third-order valence-electron chi connectivity index (χ3n) is 1.45. The standard InChI is InChI=1S/C9H21N2S2/c1-10(2)5-7-12-9-13-8-6-11(3)4/h9H,5-8H2,1-4H3. The minimum absolute atomic E-state index is 1.16. The van der Waals surface area contributed by atoms with Crippen LogP contribution in [0.25, 0.3) is 0 Å². The molecule has 0 N–H and O–H groups in total. The van der Waals surface area contributed by atoms with Gasteiger partial charge < -0.3 is 9.80 Å². The normalized spacial score (nSPS) is 11.5. The number of rotatable bonds is 8. The molecule has 0 aromatic carbocycles. The molecule has 4 heteroatoms. The van der Waals surface area contributed by atoms with Crippen molar-refractivity contribution >= 4 is 23.5 Å². The van der Waals surface area contributed by atoms with E-state index < -0.39 is 0 Å². The third kappa shape index (κ3) is 12.6. The van der Waals surface area contributed by atoms with Crippen LogP contribution < -0.4 is 0 Å². The molecule has 0 aliphatic heterocycles. The quantitative estimate of drug-likeness (QED) is 0.575. The van der Waals surface area contributed by atoms with Gasteiger partial charge in [0.2, 0.25) is 0 Å². The molecular formula is C9H21N2S2. The molecule has 13 heavy (non-hydrogen) atoms. The van der Waals surface area contributed by atoms with Crippen molar-refractivity contribution in [1.29, 1.82) is 0 Å². The van der Waals surface area contributed by atoms with Gasteiger partial charge in [0, 0.05) is 24.6 Å². The Morgan fingerprint density at radius 1 is 0.846 bits per heavy atom. The molecule has 0 aliphatic carbocycles. The van der Waals surface area contributed by atoms with Crippen molar-refractivity contribution in [2.75, 3.05) is 52.8 Å². The van der Waals surface area contributed by atoms with E-state index in [1.54, 1.807) is 0 Å². The maximum absolute atomic E-state index is 2.26. The number of hydrogen-bond donors (Lipinski definition) is 0. The summed E-state index contributed by atoms with van der Waals surface area (Å²) in [5, 5.41) is 2.26. The van der Waals surface area contributed by atoms with Crippen molar-refractivity contribution in [2.45, 2.75) is 0 Å². The van der Waals surface area contributed by atoms with Crippen LogP contribution in [0.15, 0.2) is 0 Å². The lowest BCUT2D eigenvalue weighted by molar-refractivity contribution is 0.437. The minimum atomic E-state index is 1.16. The van der Waals surface area contributed by atoms with E-state index >= 15 is 0 Å². The highest BCUT2D eigenvalue weighted by molar-refractivity contribution is 8.19. The molecule has 0 saturated carbocycles. The van der Waals surface area contributed by atoms with Crippen molar-refractivity contribution in [3.8, 4) is 0 Å². The summed E-state index contributed by atoms with van der Waals surface area (Å²) < 4.78 is 0. The largest absolute Gasteiger partial charge is 0.309 e. The molecule has 0 unspecified atom stereocenters. The van der Waals surface area contributed by atoms with Gasteiger partial charge >= 0.3 is 0 Å². The van der Waals surface area contributed by atoms with Crippen molar-refractivity contribution in [3.63, 3.8) is 0 Å². The van der Waals surface area contributed by atoms with Gasteiger partial charge in [-0.15, -0.1) is 23.5 Å². The summed E-state index contributed by atoms with van der Waals surface area (Å²) in [6.07, 6.45) is 0. The van der Waals surface area contributed by atoms with Gasteiger partial charge in [0.05, 0.1) is 5.08 Å². The molecule has 0 rings (SSSR count). The van der Waals surface area contributed by atoms with E-state index in [0.717, 1.165) is 13.1 Å². The van der Waals surface area contributed by atoms with E-state index in [2.05, 4.69) is 43.1 Å². The summed E-state index contributed by atoms with van der Waals surface area (Å²) in [4.78, 5) is 4.43. The average molecular weight is 221 g/mol. The Hall–Kier alpha value is 0.620. The molecule has 0 amide bonds. The summed E-state index contributed by atoms with van der Waals surface area (Å²) >= 11 is 3.82. The highest BCUT2D eigenvalue weighted by Gasteiger charge is 1.94. The predicted octanol–water partition coefficient (Wildman–Crippen LogP) is 1.70. The predicted molar refractivity (Wildman–Crippen MR) is 66.3 cm³/mol. The fraction of sp³-hybridized carbons (Fsp3) is 0.889. The van der Waals surface area contributed by atoms with E-state index in [-0.39, 0.29) is 0 Å². The first kappa shape index (κ1) is 13.6. The second-order valence-electron chi connectivity index (χ2n) is 3.44. The highest BCUT2D eigenvalue weighted by Crippen LogP contribution is 2.17. The number of hydrogen-bond acceptors (Lipinski definition) is 4. The first-order chi connectivity index (χ1) is 6.13. The van der Waals surface area contributed by atoms with Gasteiger partial charge in [0.15, 0.2) is 0 Å². The molecule has 1 radical (unpaired) electrons. The van der Waals surface area contributed by atoms with Crippen LogP contribution in [0.1, 0.15) is 0 Å². The van der Waals surface area contributed by atoms with Gasteiger partial charge in [-0.05, 0) is 28.2 Å². The van der Waals surface area contributed by atoms with Crippen molar-refractivity contribution < 1.29 is 0 Å². The Morgan fingerprint density at radius 3 is 1.54 bits per heavy atom. The summed E-state index contributed by atoms with van der Waals surface area (Å²) in [6.45, 7) is 2.32. The van der Waals surface area contributed by atoms with E-state index in [0.29, 0.717) is 0 Å². The summed E-state index contributed by atoms with van der Waals surface area (Å²) in [6, 6.07) is 0. The molecule has 0 aromatic rings. The van der Waals surface area contributed by atoms with Crippen LogP contribution in [0.3, 0.4) is 0 Å². The van der Waals surface area contributed by atoms with Crippen molar-refractivity contribution in [2.24, 2.45) is 0 Å². The van der Waals surface area contributed by atoms with Gasteiger partial charge in [-0.1, -0.05) is 0 Å². The Labute approximate surface area is 91.4 Å². The number of nitrogens with zero attached hydrogens (tertiary/aromatic N) is 2. The molecule has 0 aliphatic rings. The second kappa shape index (κ2) is 9.19. The van der Waals surface area contributed by atoms with E-state index in [9.17, 15) is 0 Å². The molecule has 0 fully saturated rings. The van der Waals surface area contributed by atoms with E-state index in [1.807, 2.05) is 23.5 Å². The molecule has 0 aromatic heterocycles. The lowest BCUT2D eigenvalue weighted by Gasteiger charge is -2.09. The van der Waals surface area contributed by atoms with E-state index in [4.69, 9.17) is 0 Å². The maximum Gasteiger partial charge on any atom is 0.0713 e. The lowest BCUT2D eigenvalue weighted by Crippen LogP contribution is -2.15. The Morgan fingerprint density at radius 2 is 1.23 bits per heavy atom. The highest BCUT2D eigenvalue weighted by atomic mass is 32.2. The van der Waals surface area contributed by atoms with Gasteiger partial charge in [0.1, 0.15) is 0 Å². The van der Waals surface area contributed by atoms with Crippen molar-refractivity contribution in [1.82, 2.24) is 9.80 Å². The molecule has 0 saturated heterocycles. The van der Waals surface area contributed by atoms with Crippen molar-refractivity contribution in [3.05, 3.63) is 5.08 Å². The van der Waals surface area contributed by atoms with Gasteiger partial charge in [-0.2, -0.15) is 0 Å². The van der Waals surface area contributed by atoms with Crippen LogP contribution in [0, 0.1) is 5.08 Å². The Bertz CT molecular complexity index is 95.8. The van der Waals surface area contributed by atoms with E-state index in [1.165, 1.54) is 11.5 Å². The SMILES string of the molecule is CN(C)CCS[CH]SCCN(C)C. The summed E-state index contributed by atoms with van der Waals surface area (Å²) in [5.74, 6) is 2.39. The van der Waals surface area contributed by atoms with Crippen LogP contribution >= 0.6 is 23.5 Å². The first-order valence-corrected chi connectivity index (χ1v) is 6.57. The smallest absolute Gasteiger partial charge is 0.0713 e. The molecule has 2 nitrogen and oxygen atoms in total. The summed E-state index contributed by atoms with van der Waals surface area (Å²) in [5.41, 5.74) is 0. The first-order valence-electron chi connectivity index (χ1n) is 4.47. The van der Waals surface area contributed by atoms with Crippen LogP contribution in [0.2, 0.25) is 0 Å². The zero-order chi connectivity index (χ0) is 10.1. The fourth-order valence-electron chi connectivity index (χ4n) is 0.615. The topological polar surface area (TPSA) is 6.48 Å². The lowest BCUT2D eigenvalue weighted by atomic mass is 10.7. The van der Waals surface area contributed by atoms with Crippen LogP contribution in [0.4, 0.5) is 0 Å². The van der Waals surface area contributed by atoms with Crippen LogP contribution in [-0.2, 0) is 0 Å². The third-order valence-corrected chi connectivity index (χ3v) is 3.37. The average Bonchev–Trinajstić information content (AvgIpc) is 2.01. The molecular weight excluding hydrogens is 200 g/mol. The zero-order valence-electron chi connectivity index (χ0n) is 9.12. The second-order valence-corrected chi connectivity index (χ2v) is 5.70. The number of thioether (sulfide) groups is 2. The fourth-order valence-corrected chi connectivity index (χ4v) is 2.71. The monoisotopic (exact) mass is 221 g/mol. The molecule has 0 bridgehead atoms. The molecule has 0 heterocycles. The van der Waals surface area contributed by atoms with Gasteiger partial charge in [0.25, 0.3) is 0 Å². The maximum atomic E-state index is 2.26. The molecule has 79 valence electrons. The Balaban J connectivity index is 2.92. The van der Waals surface area contributed by atoms with Crippen LogP contribution in [0.5, 0.6) is 0 Å². The molecule has 0 spiro atoms. The Kier molecular flexibility index (Phi) is 9.62. The minimum Gasteiger partial charge on any atom is -0.309 e. The zero-order valence-corrected chi connectivity index (χ0v) is 10.7. The molecule has 0 atom stereocenters. The van der Waals surface area contributed by atoms with Gasteiger partial charge in [-0.25, -0.2) is 0 Å².